The van der Waals surface area contributed by atoms with Crippen molar-refractivity contribution in [3.8, 4) is 10.4 Å². The van der Waals surface area contributed by atoms with E-state index >= 15 is 0 Å². The number of carbonyl (C=O) groups is 1. The number of thiophene rings is 1. The Balaban J connectivity index is 1.55. The van der Waals surface area contributed by atoms with E-state index in [1.54, 1.807) is 30.3 Å². The maximum Gasteiger partial charge on any atom is 0.244 e. The van der Waals surface area contributed by atoms with Crippen LogP contribution in [0.5, 0.6) is 0 Å². The highest BCUT2D eigenvalue weighted by atomic mass is 32.1. The largest absolute Gasteiger partial charge is 0.365 e. The Kier molecular flexibility index (Phi) is 5.18. The summed E-state index contributed by atoms with van der Waals surface area (Å²) in [6.45, 7) is 0.487. The molecule has 0 saturated carbocycles. The molecule has 0 aliphatic rings. The Labute approximate surface area is 142 Å². The van der Waals surface area contributed by atoms with Crippen LogP contribution in [0.4, 0.5) is 4.39 Å². The number of benzene rings is 1. The van der Waals surface area contributed by atoms with E-state index in [0.29, 0.717) is 18.5 Å². The molecule has 0 unspecified atom stereocenters. The van der Waals surface area contributed by atoms with E-state index in [1.165, 1.54) is 29.7 Å². The molecule has 0 aliphatic carbocycles. The third kappa shape index (κ3) is 4.17. The lowest BCUT2D eigenvalue weighted by atomic mass is 10.2. The summed E-state index contributed by atoms with van der Waals surface area (Å²) >= 11 is 1.43. The zero-order chi connectivity index (χ0) is 16.8. The first-order valence-electron chi connectivity index (χ1n) is 7.42. The Hall–Kier alpha value is -2.73. The predicted molar refractivity (Wildman–Crippen MR) is 92.0 cm³/mol. The summed E-state index contributed by atoms with van der Waals surface area (Å²) in [5.41, 5.74) is 1.37. The van der Waals surface area contributed by atoms with Gasteiger partial charge in [-0.05, 0) is 24.3 Å². The molecule has 0 spiro atoms. The number of carbonyl (C=O) groups excluding carboxylic acids is 1. The van der Waals surface area contributed by atoms with Crippen molar-refractivity contribution in [1.29, 1.82) is 0 Å². The maximum absolute atomic E-state index is 13.8. The minimum atomic E-state index is -0.250. The topological polar surface area (TPSA) is 55.1 Å². The molecule has 1 amide bonds. The zero-order valence-corrected chi connectivity index (χ0v) is 13.6. The molecule has 2 aromatic heterocycles. The lowest BCUT2D eigenvalue weighted by molar-refractivity contribution is -0.116. The minimum absolute atomic E-state index is 0.181. The van der Waals surface area contributed by atoms with Crippen molar-refractivity contribution in [1.82, 2.24) is 10.5 Å². The fourth-order valence-electron chi connectivity index (χ4n) is 2.15. The number of rotatable bonds is 6. The van der Waals surface area contributed by atoms with Crippen molar-refractivity contribution in [3.05, 3.63) is 71.2 Å². The van der Waals surface area contributed by atoms with Gasteiger partial charge in [-0.25, -0.2) is 4.39 Å². The monoisotopic (exact) mass is 342 g/mol. The Morgan fingerprint density at radius 1 is 1.25 bits per heavy atom. The summed E-state index contributed by atoms with van der Waals surface area (Å²) in [5, 5.41) is 6.55. The Bertz CT molecular complexity index is 840. The summed E-state index contributed by atoms with van der Waals surface area (Å²) in [6.07, 6.45) is 5.31. The molecule has 0 aliphatic heterocycles. The van der Waals surface area contributed by atoms with Crippen molar-refractivity contribution in [3.63, 3.8) is 0 Å². The molecule has 0 fully saturated rings. The highest BCUT2D eigenvalue weighted by molar-refractivity contribution is 7.16. The van der Waals surface area contributed by atoms with Gasteiger partial charge in [0.2, 0.25) is 5.91 Å². The van der Waals surface area contributed by atoms with E-state index < -0.39 is 0 Å². The van der Waals surface area contributed by atoms with Crippen LogP contribution in [-0.2, 0) is 11.2 Å². The highest BCUT2D eigenvalue weighted by Crippen LogP contribution is 2.30. The lowest BCUT2D eigenvalue weighted by Crippen LogP contribution is -2.23. The lowest BCUT2D eigenvalue weighted by Gasteiger charge is -1.99. The van der Waals surface area contributed by atoms with E-state index in [-0.39, 0.29) is 11.7 Å². The molecule has 1 aromatic carbocycles. The normalized spacial score (nSPS) is 11.0. The van der Waals surface area contributed by atoms with E-state index in [0.717, 1.165) is 15.4 Å². The molecule has 122 valence electrons. The van der Waals surface area contributed by atoms with Crippen LogP contribution in [0.3, 0.4) is 0 Å². The first-order chi connectivity index (χ1) is 11.7. The molecule has 4 nitrogen and oxygen atoms in total. The molecular formula is C18H15FN2O2S. The Morgan fingerprint density at radius 2 is 2.12 bits per heavy atom. The number of nitrogens with one attached hydrogen (secondary N) is 1. The van der Waals surface area contributed by atoms with Crippen LogP contribution in [0.1, 0.15) is 10.6 Å². The number of amides is 1. The van der Waals surface area contributed by atoms with Gasteiger partial charge in [0.25, 0.3) is 0 Å². The van der Waals surface area contributed by atoms with Gasteiger partial charge in [-0.3, -0.25) is 4.79 Å². The summed E-state index contributed by atoms with van der Waals surface area (Å²) in [7, 11) is 0. The number of halogens is 1. The van der Waals surface area contributed by atoms with Crippen LogP contribution in [0, 0.1) is 5.82 Å². The van der Waals surface area contributed by atoms with Gasteiger partial charge in [0.15, 0.2) is 0 Å². The average molecular weight is 342 g/mol. The molecule has 1 N–H and O–H groups in total. The molecule has 0 saturated heterocycles. The van der Waals surface area contributed by atoms with Crippen LogP contribution in [0.2, 0.25) is 0 Å². The van der Waals surface area contributed by atoms with E-state index in [9.17, 15) is 9.18 Å². The van der Waals surface area contributed by atoms with Gasteiger partial charge in [-0.2, -0.15) is 0 Å². The average Bonchev–Trinajstić information content (AvgIpc) is 3.25. The molecule has 0 bridgehead atoms. The highest BCUT2D eigenvalue weighted by Gasteiger charge is 2.06. The smallest absolute Gasteiger partial charge is 0.244 e. The van der Waals surface area contributed by atoms with E-state index in [2.05, 4.69) is 10.5 Å². The van der Waals surface area contributed by atoms with Gasteiger partial charge < -0.3 is 9.84 Å². The zero-order valence-electron chi connectivity index (χ0n) is 12.7. The van der Waals surface area contributed by atoms with Gasteiger partial charge in [0.1, 0.15) is 12.1 Å². The number of aromatic nitrogens is 1. The summed E-state index contributed by atoms with van der Waals surface area (Å²) in [5.74, 6) is -0.431. The summed E-state index contributed by atoms with van der Waals surface area (Å²) in [4.78, 5) is 13.5. The predicted octanol–water partition coefficient (Wildman–Crippen LogP) is 3.91. The van der Waals surface area contributed by atoms with Gasteiger partial charge in [-0.1, -0.05) is 23.4 Å². The van der Waals surface area contributed by atoms with Crippen molar-refractivity contribution < 1.29 is 13.7 Å². The molecule has 6 heteroatoms. The van der Waals surface area contributed by atoms with Gasteiger partial charge >= 0.3 is 0 Å². The van der Waals surface area contributed by atoms with Crippen molar-refractivity contribution in [2.24, 2.45) is 0 Å². The fourth-order valence-corrected chi connectivity index (χ4v) is 3.08. The van der Waals surface area contributed by atoms with Crippen molar-refractivity contribution >= 4 is 23.3 Å². The number of hydrogen-bond donors (Lipinski definition) is 1. The second kappa shape index (κ2) is 7.70. The van der Waals surface area contributed by atoms with Crippen molar-refractivity contribution in [2.75, 3.05) is 6.54 Å². The first-order valence-corrected chi connectivity index (χ1v) is 8.24. The number of nitrogens with zero attached hydrogens (tertiary/aromatic N) is 1. The second-order valence-electron chi connectivity index (χ2n) is 5.05. The molecule has 3 rings (SSSR count). The number of hydrogen-bond acceptors (Lipinski definition) is 4. The summed E-state index contributed by atoms with van der Waals surface area (Å²) in [6, 6.07) is 12.1. The minimum Gasteiger partial charge on any atom is -0.365 e. The van der Waals surface area contributed by atoms with E-state index in [4.69, 9.17) is 4.52 Å². The van der Waals surface area contributed by atoms with Crippen LogP contribution < -0.4 is 5.32 Å². The SMILES string of the molecule is O=C(C=Cc1ccc(-c2ccccc2F)s1)NCCc1ccon1. The third-order valence-electron chi connectivity index (χ3n) is 3.34. The molecule has 2 heterocycles. The van der Waals surface area contributed by atoms with Gasteiger partial charge in [0.05, 0.1) is 5.69 Å². The van der Waals surface area contributed by atoms with E-state index in [1.807, 2.05) is 12.1 Å². The van der Waals surface area contributed by atoms with Crippen LogP contribution >= 0.6 is 11.3 Å². The quantitative estimate of drug-likeness (QED) is 0.691. The molecule has 24 heavy (non-hydrogen) atoms. The second-order valence-corrected chi connectivity index (χ2v) is 6.16. The molecule has 0 atom stereocenters. The third-order valence-corrected chi connectivity index (χ3v) is 4.42. The Morgan fingerprint density at radius 3 is 2.92 bits per heavy atom. The standard InChI is InChI=1S/C18H15FN2O2S/c19-16-4-2-1-3-15(16)17-7-5-14(24-17)6-8-18(22)20-11-9-13-10-12-23-21-13/h1-8,10,12H,9,11H2,(H,20,22). The van der Waals surface area contributed by atoms with Crippen LogP contribution in [0.15, 0.2) is 59.3 Å². The fraction of sp³-hybridized carbons (Fsp3) is 0.111. The van der Waals surface area contributed by atoms with Crippen molar-refractivity contribution in [2.45, 2.75) is 6.42 Å². The van der Waals surface area contributed by atoms with Crippen LogP contribution in [0.25, 0.3) is 16.5 Å². The summed E-state index contributed by atoms with van der Waals surface area (Å²) < 4.78 is 18.5. The van der Waals surface area contributed by atoms with Crippen LogP contribution in [-0.4, -0.2) is 17.6 Å². The van der Waals surface area contributed by atoms with Gasteiger partial charge in [0, 0.05) is 40.4 Å². The molecule has 3 aromatic rings. The first kappa shape index (κ1) is 16.1. The maximum atomic E-state index is 13.8. The molecule has 0 radical (unpaired) electrons. The van der Waals surface area contributed by atoms with Gasteiger partial charge in [-0.15, -0.1) is 11.3 Å². The molecular weight excluding hydrogens is 327 g/mol.